The number of anilines is 1. The van der Waals surface area contributed by atoms with Gasteiger partial charge in [0.15, 0.2) is 0 Å². The number of nitrogens with zero attached hydrogens (tertiary/aromatic N) is 1. The maximum Gasteiger partial charge on any atom is 0.238 e. The fourth-order valence-electron chi connectivity index (χ4n) is 2.66. The second-order valence-electron chi connectivity index (χ2n) is 5.63. The lowest BCUT2D eigenvalue weighted by molar-refractivity contribution is -0.117. The van der Waals surface area contributed by atoms with E-state index in [1.54, 1.807) is 0 Å². The van der Waals surface area contributed by atoms with Gasteiger partial charge in [-0.1, -0.05) is 12.1 Å². The Balaban J connectivity index is 0.00000220. The zero-order chi connectivity index (χ0) is 14.5. The predicted molar refractivity (Wildman–Crippen MR) is 90.3 cm³/mol. The normalized spacial score (nSPS) is 16.3. The molecule has 0 atom stereocenters. The van der Waals surface area contributed by atoms with Crippen molar-refractivity contribution in [3.05, 3.63) is 29.3 Å². The summed E-state index contributed by atoms with van der Waals surface area (Å²) in [6.45, 7) is 6.58. The van der Waals surface area contributed by atoms with Crippen LogP contribution in [0.4, 0.5) is 5.69 Å². The molecule has 0 spiro atoms. The van der Waals surface area contributed by atoms with E-state index >= 15 is 0 Å². The van der Waals surface area contributed by atoms with E-state index in [0.29, 0.717) is 12.6 Å². The van der Waals surface area contributed by atoms with Crippen LogP contribution in [-0.4, -0.2) is 43.5 Å². The van der Waals surface area contributed by atoms with E-state index in [0.717, 1.165) is 37.2 Å². The molecule has 2 N–H and O–H groups in total. The average Bonchev–Trinajstić information content (AvgIpc) is 2.45. The van der Waals surface area contributed by atoms with Gasteiger partial charge in [0, 0.05) is 24.8 Å². The monoisotopic (exact) mass is 311 g/mol. The highest BCUT2D eigenvalue weighted by atomic mass is 35.5. The summed E-state index contributed by atoms with van der Waals surface area (Å²) in [5, 5.41) is 6.33. The van der Waals surface area contributed by atoms with Gasteiger partial charge in [0.2, 0.25) is 5.91 Å². The molecule has 1 aromatic carbocycles. The molecule has 1 aromatic rings. The lowest BCUT2D eigenvalue weighted by atomic mass is 10.1. The summed E-state index contributed by atoms with van der Waals surface area (Å²) in [7, 11) is 2.01. The molecule has 1 heterocycles. The van der Waals surface area contributed by atoms with Crippen LogP contribution in [0.1, 0.15) is 24.0 Å². The molecule has 0 unspecified atom stereocenters. The molecule has 1 aliphatic rings. The van der Waals surface area contributed by atoms with Crippen LogP contribution in [0, 0.1) is 13.8 Å². The Kier molecular flexibility index (Phi) is 7.15. The van der Waals surface area contributed by atoms with E-state index in [1.807, 2.05) is 26.1 Å². The molecule has 0 radical (unpaired) electrons. The Hall–Kier alpha value is -1.10. The molecule has 0 saturated carbocycles. The topological polar surface area (TPSA) is 44.4 Å². The molecule has 2 rings (SSSR count). The largest absolute Gasteiger partial charge is 0.325 e. The number of rotatable bonds is 4. The van der Waals surface area contributed by atoms with Crippen LogP contribution in [0.15, 0.2) is 18.2 Å². The van der Waals surface area contributed by atoms with Crippen molar-refractivity contribution in [2.45, 2.75) is 32.7 Å². The first-order valence-corrected chi connectivity index (χ1v) is 7.36. The fraction of sp³-hybridized carbons (Fsp3) is 0.562. The summed E-state index contributed by atoms with van der Waals surface area (Å²) >= 11 is 0. The molecule has 0 bridgehead atoms. The van der Waals surface area contributed by atoms with Crippen molar-refractivity contribution in [2.24, 2.45) is 0 Å². The molecule has 1 saturated heterocycles. The van der Waals surface area contributed by atoms with Gasteiger partial charge in [0.05, 0.1) is 6.54 Å². The van der Waals surface area contributed by atoms with Crippen LogP contribution < -0.4 is 10.6 Å². The Morgan fingerprint density at radius 2 is 1.95 bits per heavy atom. The van der Waals surface area contributed by atoms with Gasteiger partial charge in [-0.3, -0.25) is 9.69 Å². The van der Waals surface area contributed by atoms with E-state index < -0.39 is 0 Å². The first-order valence-electron chi connectivity index (χ1n) is 7.36. The van der Waals surface area contributed by atoms with E-state index in [9.17, 15) is 4.79 Å². The van der Waals surface area contributed by atoms with E-state index in [-0.39, 0.29) is 18.3 Å². The average molecular weight is 312 g/mol. The third-order valence-electron chi connectivity index (χ3n) is 4.24. The number of piperidine rings is 1. The Labute approximate surface area is 133 Å². The van der Waals surface area contributed by atoms with Crippen molar-refractivity contribution < 1.29 is 4.79 Å². The van der Waals surface area contributed by atoms with E-state index in [2.05, 4.69) is 28.5 Å². The quantitative estimate of drug-likeness (QED) is 0.897. The van der Waals surface area contributed by atoms with Crippen molar-refractivity contribution in [2.75, 3.05) is 32.0 Å². The number of nitrogens with one attached hydrogen (secondary N) is 2. The van der Waals surface area contributed by atoms with Crippen LogP contribution in [-0.2, 0) is 4.79 Å². The summed E-state index contributed by atoms with van der Waals surface area (Å²) in [5.74, 6) is 0.0848. The molecular weight excluding hydrogens is 286 g/mol. The first-order chi connectivity index (χ1) is 9.60. The van der Waals surface area contributed by atoms with Crippen molar-refractivity contribution in [3.63, 3.8) is 0 Å². The number of amides is 1. The maximum atomic E-state index is 12.1. The van der Waals surface area contributed by atoms with Crippen molar-refractivity contribution in [3.8, 4) is 0 Å². The first kappa shape index (κ1) is 18.0. The molecule has 5 heteroatoms. The van der Waals surface area contributed by atoms with Crippen molar-refractivity contribution in [1.82, 2.24) is 10.2 Å². The fourth-order valence-corrected chi connectivity index (χ4v) is 2.66. The zero-order valence-corrected chi connectivity index (χ0v) is 13.9. The Morgan fingerprint density at radius 3 is 2.57 bits per heavy atom. The van der Waals surface area contributed by atoms with Gasteiger partial charge in [-0.2, -0.15) is 0 Å². The van der Waals surface area contributed by atoms with Gasteiger partial charge in [-0.05, 0) is 50.9 Å². The van der Waals surface area contributed by atoms with Crippen molar-refractivity contribution in [1.29, 1.82) is 0 Å². The highest BCUT2D eigenvalue weighted by Crippen LogP contribution is 2.18. The second kappa shape index (κ2) is 8.37. The number of halogens is 1. The molecule has 118 valence electrons. The lowest BCUT2D eigenvalue weighted by Gasteiger charge is -2.31. The Bertz CT molecular complexity index is 471. The van der Waals surface area contributed by atoms with E-state index in [4.69, 9.17) is 0 Å². The van der Waals surface area contributed by atoms with Crippen molar-refractivity contribution >= 4 is 24.0 Å². The number of carbonyl (C=O) groups excluding carboxylic acids is 1. The molecule has 0 aromatic heterocycles. The van der Waals surface area contributed by atoms with Crippen LogP contribution in [0.5, 0.6) is 0 Å². The SMILES string of the molecule is CNC1CCN(CC(=O)Nc2cccc(C)c2C)CC1.Cl. The van der Waals surface area contributed by atoms with Gasteiger partial charge in [-0.15, -0.1) is 12.4 Å². The summed E-state index contributed by atoms with van der Waals surface area (Å²) in [4.78, 5) is 14.4. The lowest BCUT2D eigenvalue weighted by Crippen LogP contribution is -2.44. The smallest absolute Gasteiger partial charge is 0.238 e. The van der Waals surface area contributed by atoms with Gasteiger partial charge in [0.25, 0.3) is 0 Å². The predicted octanol–water partition coefficient (Wildman–Crippen LogP) is 2.35. The second-order valence-corrected chi connectivity index (χ2v) is 5.63. The number of aryl methyl sites for hydroxylation is 1. The summed E-state index contributed by atoms with van der Waals surface area (Å²) in [5.41, 5.74) is 3.28. The third kappa shape index (κ3) is 4.99. The molecule has 4 nitrogen and oxygen atoms in total. The molecule has 0 aliphatic carbocycles. The molecule has 1 aliphatic heterocycles. The summed E-state index contributed by atoms with van der Waals surface area (Å²) < 4.78 is 0. The molecule has 1 amide bonds. The number of hydrogen-bond acceptors (Lipinski definition) is 3. The summed E-state index contributed by atoms with van der Waals surface area (Å²) in [6.07, 6.45) is 2.24. The van der Waals surface area contributed by atoms with E-state index in [1.165, 1.54) is 5.56 Å². The zero-order valence-electron chi connectivity index (χ0n) is 13.1. The number of benzene rings is 1. The third-order valence-corrected chi connectivity index (χ3v) is 4.24. The van der Waals surface area contributed by atoms with Gasteiger partial charge in [0.1, 0.15) is 0 Å². The minimum atomic E-state index is 0. The standard InChI is InChI=1S/C16H25N3O.ClH/c1-12-5-4-6-15(13(12)2)18-16(20)11-19-9-7-14(17-3)8-10-19;/h4-6,14,17H,7-11H2,1-3H3,(H,18,20);1H. The van der Waals surface area contributed by atoms with Gasteiger partial charge < -0.3 is 10.6 Å². The van der Waals surface area contributed by atoms with Crippen LogP contribution in [0.25, 0.3) is 0 Å². The highest BCUT2D eigenvalue weighted by Gasteiger charge is 2.19. The Morgan fingerprint density at radius 1 is 1.29 bits per heavy atom. The number of hydrogen-bond donors (Lipinski definition) is 2. The highest BCUT2D eigenvalue weighted by molar-refractivity contribution is 5.93. The molecule has 1 fully saturated rings. The number of carbonyl (C=O) groups is 1. The summed E-state index contributed by atoms with van der Waals surface area (Å²) in [6, 6.07) is 6.62. The van der Waals surface area contributed by atoms with Crippen LogP contribution in [0.2, 0.25) is 0 Å². The van der Waals surface area contributed by atoms with Crippen LogP contribution >= 0.6 is 12.4 Å². The maximum absolute atomic E-state index is 12.1. The molecule has 21 heavy (non-hydrogen) atoms. The number of likely N-dealkylation sites (tertiary alicyclic amines) is 1. The minimum Gasteiger partial charge on any atom is -0.325 e. The molecular formula is C16H26ClN3O. The van der Waals surface area contributed by atoms with Gasteiger partial charge in [-0.25, -0.2) is 0 Å². The van der Waals surface area contributed by atoms with Gasteiger partial charge >= 0.3 is 0 Å². The van der Waals surface area contributed by atoms with Crippen LogP contribution in [0.3, 0.4) is 0 Å². The minimum absolute atomic E-state index is 0.